The van der Waals surface area contributed by atoms with Crippen LogP contribution in [0.3, 0.4) is 0 Å². The molecule has 3 aromatic heterocycles. The van der Waals surface area contributed by atoms with Crippen LogP contribution in [-0.2, 0) is 58.0 Å². The van der Waals surface area contributed by atoms with Crippen LogP contribution in [0.2, 0.25) is 0 Å². The third-order valence-electron chi connectivity index (χ3n) is 28.4. The number of aryl methyl sites for hydroxylation is 3. The molecule has 9 aliphatic heterocycles. The first-order valence-corrected chi connectivity index (χ1v) is 46.8. The van der Waals surface area contributed by atoms with E-state index in [0.717, 1.165) is 82.4 Å². The van der Waals surface area contributed by atoms with E-state index in [1.54, 1.807) is 7.11 Å². The molecular weight excluding hydrogens is 1740 g/mol. The van der Waals surface area contributed by atoms with Gasteiger partial charge < -0.3 is 73.0 Å². The first-order chi connectivity index (χ1) is 66.1. The number of nitriles is 6. The highest BCUT2D eigenvalue weighted by Crippen LogP contribution is 2.47. The number of carbonyl (C=O) groups is 3. The van der Waals surface area contributed by atoms with Crippen LogP contribution >= 0.6 is 0 Å². The van der Waals surface area contributed by atoms with E-state index >= 15 is 4.39 Å². The van der Waals surface area contributed by atoms with Crippen molar-refractivity contribution in [2.45, 2.75) is 134 Å². The number of aromatic nitrogens is 3. The SMILES string of the molecule is C=C(F)C(=O)N1CCN(c2c(C#N)c(N3CC(N(C)C)C3)nc3c2CCN(c2cccc4cccc(C)c24)C3)C[C@@H]1CC#N.C=C(F)C(=O)N1CCN(c2c(C#N)c(OC[C@]3(F)CCCN(C)C3)nc3c2CCN(c2cccc4cccc(C)c24)C3)C[C@@H]1CC#N.C=C(F)C(=O)N1CCN(c2c(C#N)c(O[C@@H]3CN(C)C[C@H]3OC)nc3c2CCN(c2cccc4cccc(C)c24)C3)C[C@@H]1CC#N. The maximum atomic E-state index is 15.9. The zero-order valence-corrected chi connectivity index (χ0v) is 79.0. The number of hydrogen-bond donors (Lipinski definition) is 0. The summed E-state index contributed by atoms with van der Waals surface area (Å²) in [6.07, 6.45) is 2.53. The van der Waals surface area contributed by atoms with E-state index in [4.69, 9.17) is 29.2 Å². The van der Waals surface area contributed by atoms with E-state index in [2.05, 4.69) is 222 Å². The molecule has 0 bridgehead atoms. The second-order valence-corrected chi connectivity index (χ2v) is 37.5. The number of hydrogen-bond acceptors (Lipinski definition) is 25. The summed E-state index contributed by atoms with van der Waals surface area (Å²) in [5, 5.41) is 67.6. The molecule has 0 unspecified atom stereocenters. The number of amides is 3. The molecule has 32 heteroatoms. The van der Waals surface area contributed by atoms with Crippen LogP contribution in [0.4, 0.5) is 57.5 Å². The molecule has 12 heterocycles. The molecule has 6 aromatic carbocycles. The molecule has 0 radical (unpaired) electrons. The minimum Gasteiger partial charge on any atom is -0.473 e. The van der Waals surface area contributed by atoms with Crippen molar-refractivity contribution in [3.05, 3.63) is 214 Å². The van der Waals surface area contributed by atoms with Gasteiger partial charge in [-0.2, -0.15) is 31.6 Å². The van der Waals surface area contributed by atoms with E-state index in [0.29, 0.717) is 138 Å². The second kappa shape index (κ2) is 41.2. The number of rotatable bonds is 20. The number of piperazine rings is 3. The number of ether oxygens (including phenoxy) is 3. The summed E-state index contributed by atoms with van der Waals surface area (Å²) in [5.74, 6) is -4.56. The van der Waals surface area contributed by atoms with Gasteiger partial charge in [-0.05, 0) is 139 Å². The Morgan fingerprint density at radius 2 is 0.832 bits per heavy atom. The van der Waals surface area contributed by atoms with Crippen molar-refractivity contribution in [2.75, 3.05) is 194 Å². The number of likely N-dealkylation sites (N-methyl/N-ethyl adjacent to an activating group) is 2. The molecule has 137 heavy (non-hydrogen) atoms. The van der Waals surface area contributed by atoms with E-state index in [-0.39, 0.29) is 94.7 Å². The number of nitrogens with zero attached hydrogens (tertiary/aromatic N) is 22. The van der Waals surface area contributed by atoms with Gasteiger partial charge in [-0.15, -0.1) is 0 Å². The number of benzene rings is 6. The lowest BCUT2D eigenvalue weighted by Gasteiger charge is -2.46. The summed E-state index contributed by atoms with van der Waals surface area (Å²) in [5.41, 5.74) is 14.0. The molecule has 0 saturated carbocycles. The van der Waals surface area contributed by atoms with Gasteiger partial charge in [-0.25, -0.2) is 32.5 Å². The number of methoxy groups -OCH3 is 1. The molecule has 0 spiro atoms. The first kappa shape index (κ1) is 96.0. The molecule has 0 N–H and O–H groups in total. The number of halogens is 4. The van der Waals surface area contributed by atoms with Crippen LogP contribution in [0.1, 0.15) is 99.3 Å². The quantitative estimate of drug-likeness (QED) is 0.0505. The minimum absolute atomic E-state index is 0.0138. The molecule has 9 aliphatic rings. The number of likely N-dealkylation sites (tertiary alicyclic amines) is 2. The van der Waals surface area contributed by atoms with Gasteiger partial charge in [0.1, 0.15) is 59.5 Å². The average molecular weight is 1860 g/mol. The number of pyridine rings is 3. The molecular formula is C105H114F4N22O6. The first-order valence-electron chi connectivity index (χ1n) is 46.8. The summed E-state index contributed by atoms with van der Waals surface area (Å²) in [7, 11) is 9.66. The van der Waals surface area contributed by atoms with Crippen LogP contribution in [-0.4, -0.2) is 264 Å². The Bertz CT molecular complexity index is 6490. The molecule has 6 fully saturated rings. The molecule has 18 rings (SSSR count). The van der Waals surface area contributed by atoms with E-state index < -0.39 is 59.0 Å². The number of alkyl halides is 1. The lowest BCUT2D eigenvalue weighted by molar-refractivity contribution is -0.132. The lowest BCUT2D eigenvalue weighted by atomic mass is 9.94. The van der Waals surface area contributed by atoms with Crippen molar-refractivity contribution in [3.63, 3.8) is 0 Å². The van der Waals surface area contributed by atoms with Crippen LogP contribution in [0.5, 0.6) is 11.8 Å². The molecule has 708 valence electrons. The van der Waals surface area contributed by atoms with E-state index in [9.17, 15) is 59.1 Å². The predicted molar refractivity (Wildman–Crippen MR) is 520 cm³/mol. The summed E-state index contributed by atoms with van der Waals surface area (Å²) in [6, 6.07) is 50.2. The van der Waals surface area contributed by atoms with E-state index in [1.165, 1.54) is 64.0 Å². The zero-order valence-electron chi connectivity index (χ0n) is 79.0. The maximum absolute atomic E-state index is 15.9. The summed E-state index contributed by atoms with van der Waals surface area (Å²) < 4.78 is 76.1. The average Bonchev–Trinajstić information content (AvgIpc) is 1.37. The molecule has 9 aromatic rings. The zero-order chi connectivity index (χ0) is 96.9. The van der Waals surface area contributed by atoms with Crippen molar-refractivity contribution >= 4 is 90.0 Å². The summed E-state index contributed by atoms with van der Waals surface area (Å²) in [6.45, 7) is 25.7. The Morgan fingerprint density at radius 1 is 0.460 bits per heavy atom. The normalized spacial score (nSPS) is 20.6. The number of carbonyl (C=O) groups excluding carboxylic acids is 3. The number of anilines is 7. The van der Waals surface area contributed by atoms with Crippen molar-refractivity contribution in [1.82, 2.24) is 44.4 Å². The summed E-state index contributed by atoms with van der Waals surface area (Å²) in [4.78, 5) is 78.6. The molecule has 3 amide bonds. The Balaban J connectivity index is 0.000000149. The minimum atomic E-state index is -1.58. The third-order valence-corrected chi connectivity index (χ3v) is 28.4. The predicted octanol–water partition coefficient (Wildman–Crippen LogP) is 13.4. The molecule has 6 saturated heterocycles. The molecule has 0 aliphatic carbocycles. The Labute approximate surface area is 797 Å². The van der Waals surface area contributed by atoms with Crippen LogP contribution in [0.25, 0.3) is 32.3 Å². The number of fused-ring (bicyclic) bond motifs is 6. The largest absolute Gasteiger partial charge is 0.473 e. The molecule has 28 nitrogen and oxygen atoms in total. The molecule has 6 atom stereocenters. The topological polar surface area (TPSA) is 302 Å². The van der Waals surface area contributed by atoms with Gasteiger partial charge in [0.05, 0.1) is 109 Å². The fourth-order valence-corrected chi connectivity index (χ4v) is 21.6. The highest BCUT2D eigenvalue weighted by molar-refractivity contribution is 6.00. The maximum Gasteiger partial charge on any atom is 0.282 e. The smallest absolute Gasteiger partial charge is 0.282 e. The Hall–Kier alpha value is -14.1. The van der Waals surface area contributed by atoms with Crippen molar-refractivity contribution < 1.29 is 46.2 Å². The van der Waals surface area contributed by atoms with Crippen LogP contribution in [0.15, 0.2) is 146 Å². The fourth-order valence-electron chi connectivity index (χ4n) is 21.6. The fraction of sp³-hybridized carbons (Fsp3) is 0.429. The highest BCUT2D eigenvalue weighted by Gasteiger charge is 2.45. The van der Waals surface area contributed by atoms with Crippen LogP contribution < -0.4 is 43.8 Å². The van der Waals surface area contributed by atoms with Crippen LogP contribution in [0, 0.1) is 88.8 Å². The highest BCUT2D eigenvalue weighted by atomic mass is 19.1. The van der Waals surface area contributed by atoms with E-state index in [1.807, 2.05) is 40.9 Å². The van der Waals surface area contributed by atoms with Crippen molar-refractivity contribution in [2.24, 2.45) is 0 Å². The Kier molecular flexibility index (Phi) is 28.9. The standard InChI is InChI=1S/C36H39F2N7O2.C35H38FN7O3.C34H37FN8O/c1-24-7-4-8-26-9-5-10-31(32(24)26)43-16-12-28-30(21-43)41-34(47-23-36(38)13-6-15-42(3)22-36)29(19-40)33(28)44-17-18-45(35(46)25(2)37)27(20-44)11-14-39;1-22-7-5-8-24-9-6-10-29(32(22)24)41-14-12-26-28(19-41)39-34(46-31-21-40(3)20-30(31)45-4)27(17-38)33(26)42-15-16-43(35(44)23(2)36)25(18-42)11-13-37;1-22-7-5-8-24-9-6-10-30(31(22)24)40-14-12-27-29(21-40)38-33(42-19-26(20-42)39(3)4)28(17-37)32(27)41-15-16-43(34(44)23(2)35)25(18-41)11-13-36/h4-5,7-10,27H,2,6,11-13,15-18,20-23H2,1,3H3;5-10,25,30-31H,2,11-12,14-16,18-21H2,1,3-4H3;5-10,25-26H,2,11-12,14-16,18-21H2,1,3-4H3/t27-,36-;25-,30+,31+;25-/m000/s1. The van der Waals surface area contributed by atoms with Gasteiger partial charge >= 0.3 is 0 Å². The van der Waals surface area contributed by atoms with Gasteiger partial charge in [-0.1, -0.05) is 111 Å². The van der Waals surface area contributed by atoms with Gasteiger partial charge in [0.25, 0.3) is 17.7 Å². The Morgan fingerprint density at radius 3 is 1.20 bits per heavy atom. The third kappa shape index (κ3) is 19.6. The lowest BCUT2D eigenvalue weighted by Crippen LogP contribution is -2.58. The number of piperidine rings is 1. The van der Waals surface area contributed by atoms with Crippen molar-refractivity contribution in [3.8, 4) is 48.2 Å². The van der Waals surface area contributed by atoms with Gasteiger partial charge in [0.15, 0.2) is 23.1 Å². The monoisotopic (exact) mass is 1850 g/mol. The van der Waals surface area contributed by atoms with Crippen molar-refractivity contribution in [1.29, 1.82) is 31.6 Å². The van der Waals surface area contributed by atoms with Gasteiger partial charge in [0.2, 0.25) is 11.8 Å². The second-order valence-electron chi connectivity index (χ2n) is 37.5. The van der Waals surface area contributed by atoms with Gasteiger partial charge in [-0.3, -0.25) is 19.3 Å². The summed E-state index contributed by atoms with van der Waals surface area (Å²) >= 11 is 0. The van der Waals surface area contributed by atoms with Gasteiger partial charge in [0, 0.05) is 174 Å².